The summed E-state index contributed by atoms with van der Waals surface area (Å²) in [6, 6.07) is 5.60. The summed E-state index contributed by atoms with van der Waals surface area (Å²) in [6.45, 7) is 2.14. The van der Waals surface area contributed by atoms with Gasteiger partial charge in [0.15, 0.2) is 11.5 Å². The molecular weight excluding hydrogens is 232 g/mol. The van der Waals surface area contributed by atoms with E-state index in [1.165, 1.54) is 0 Å². The molecule has 1 heterocycles. The first kappa shape index (κ1) is 12.9. The largest absolute Gasteiger partial charge is 0.441 e. The second-order valence-electron chi connectivity index (χ2n) is 4.26. The van der Waals surface area contributed by atoms with Crippen LogP contribution >= 0.6 is 0 Å². The predicted molar refractivity (Wildman–Crippen MR) is 69.6 cm³/mol. The Labute approximate surface area is 105 Å². The average Bonchev–Trinajstić information content (AvgIpc) is 2.77. The van der Waals surface area contributed by atoms with Crippen molar-refractivity contribution in [2.75, 3.05) is 18.5 Å². The Kier molecular flexibility index (Phi) is 4.17. The van der Waals surface area contributed by atoms with Crippen molar-refractivity contribution in [2.24, 2.45) is 0 Å². The maximum absolute atomic E-state index is 9.26. The fourth-order valence-electron chi connectivity index (χ4n) is 1.71. The first-order valence-corrected chi connectivity index (χ1v) is 6.15. The molecule has 1 aromatic heterocycles. The number of nitrogens with one attached hydrogen (secondary N) is 1. The molecule has 0 saturated carbocycles. The normalized spacial score (nSPS) is 12.8. The van der Waals surface area contributed by atoms with Crippen molar-refractivity contribution in [1.82, 2.24) is 4.98 Å². The van der Waals surface area contributed by atoms with Gasteiger partial charge in [-0.25, -0.2) is 4.98 Å². The second-order valence-corrected chi connectivity index (χ2v) is 4.26. The first-order valence-electron chi connectivity index (χ1n) is 6.15. The third-order valence-electron chi connectivity index (χ3n) is 2.65. The molecule has 0 bridgehead atoms. The van der Waals surface area contributed by atoms with Gasteiger partial charge >= 0.3 is 0 Å². The fraction of sp³-hybridized carbons (Fsp3) is 0.462. The van der Waals surface area contributed by atoms with E-state index in [0.29, 0.717) is 6.54 Å². The van der Waals surface area contributed by atoms with E-state index in [9.17, 15) is 5.11 Å². The fourth-order valence-corrected chi connectivity index (χ4v) is 1.71. The van der Waals surface area contributed by atoms with Crippen LogP contribution in [0.4, 0.5) is 5.69 Å². The Balaban J connectivity index is 2.11. The lowest BCUT2D eigenvalue weighted by molar-refractivity contribution is 0.105. The van der Waals surface area contributed by atoms with E-state index in [0.717, 1.165) is 35.5 Å². The molecule has 2 rings (SSSR count). The molecule has 1 aromatic carbocycles. The van der Waals surface area contributed by atoms with Crippen molar-refractivity contribution in [3.05, 3.63) is 24.1 Å². The van der Waals surface area contributed by atoms with Gasteiger partial charge in [0.1, 0.15) is 5.52 Å². The molecular formula is C13H18N2O3. The van der Waals surface area contributed by atoms with Gasteiger partial charge in [-0.05, 0) is 24.6 Å². The van der Waals surface area contributed by atoms with E-state index in [1.54, 1.807) is 0 Å². The second kappa shape index (κ2) is 5.84. The lowest BCUT2D eigenvalue weighted by Crippen LogP contribution is -2.22. The molecule has 0 amide bonds. The summed E-state index contributed by atoms with van der Waals surface area (Å²) in [5.41, 5.74) is 2.43. The van der Waals surface area contributed by atoms with Gasteiger partial charge in [-0.2, -0.15) is 0 Å². The van der Waals surface area contributed by atoms with Gasteiger partial charge in [-0.15, -0.1) is 0 Å². The van der Waals surface area contributed by atoms with Gasteiger partial charge in [0, 0.05) is 18.7 Å². The molecule has 2 aromatic rings. The van der Waals surface area contributed by atoms with Gasteiger partial charge in [-0.3, -0.25) is 0 Å². The minimum absolute atomic E-state index is 0.250. The molecule has 5 heteroatoms. The van der Waals surface area contributed by atoms with Crippen molar-refractivity contribution < 1.29 is 14.6 Å². The zero-order chi connectivity index (χ0) is 13.0. The molecule has 0 radical (unpaired) electrons. The van der Waals surface area contributed by atoms with Crippen LogP contribution in [-0.2, 0) is 6.42 Å². The zero-order valence-corrected chi connectivity index (χ0v) is 10.4. The Morgan fingerprint density at radius 3 is 3.00 bits per heavy atom. The molecule has 1 atom stereocenters. The molecule has 0 spiro atoms. The van der Waals surface area contributed by atoms with Crippen LogP contribution in [0.15, 0.2) is 22.6 Å². The number of fused-ring (bicyclic) bond motifs is 1. The SMILES string of the molecule is CCCc1nc2cc(NCC(O)CO)ccc2o1. The van der Waals surface area contributed by atoms with Crippen LogP contribution in [0, 0.1) is 0 Å². The summed E-state index contributed by atoms with van der Waals surface area (Å²) in [4.78, 5) is 4.39. The van der Waals surface area contributed by atoms with Crippen LogP contribution in [0.1, 0.15) is 19.2 Å². The average molecular weight is 250 g/mol. The van der Waals surface area contributed by atoms with Crippen molar-refractivity contribution in [2.45, 2.75) is 25.9 Å². The molecule has 0 aliphatic rings. The quantitative estimate of drug-likeness (QED) is 0.725. The van der Waals surface area contributed by atoms with Crippen LogP contribution in [-0.4, -0.2) is 34.5 Å². The lowest BCUT2D eigenvalue weighted by atomic mass is 10.2. The Hall–Kier alpha value is -1.59. The van der Waals surface area contributed by atoms with Crippen molar-refractivity contribution in [1.29, 1.82) is 0 Å². The van der Waals surface area contributed by atoms with Gasteiger partial charge in [0.05, 0.1) is 12.7 Å². The van der Waals surface area contributed by atoms with E-state index >= 15 is 0 Å². The monoisotopic (exact) mass is 250 g/mol. The summed E-state index contributed by atoms with van der Waals surface area (Å²) in [7, 11) is 0. The summed E-state index contributed by atoms with van der Waals surface area (Å²) < 4.78 is 5.58. The van der Waals surface area contributed by atoms with E-state index < -0.39 is 6.10 Å². The zero-order valence-electron chi connectivity index (χ0n) is 10.4. The van der Waals surface area contributed by atoms with Gasteiger partial charge < -0.3 is 19.9 Å². The highest BCUT2D eigenvalue weighted by Crippen LogP contribution is 2.20. The molecule has 0 fully saturated rings. The minimum atomic E-state index is -0.756. The number of hydrogen-bond acceptors (Lipinski definition) is 5. The third-order valence-corrected chi connectivity index (χ3v) is 2.65. The van der Waals surface area contributed by atoms with Gasteiger partial charge in [0.25, 0.3) is 0 Å². The van der Waals surface area contributed by atoms with Gasteiger partial charge in [-0.1, -0.05) is 6.92 Å². The number of aliphatic hydroxyl groups excluding tert-OH is 2. The summed E-state index contributed by atoms with van der Waals surface area (Å²) in [5, 5.41) is 21.0. The van der Waals surface area contributed by atoms with Crippen molar-refractivity contribution in [3.8, 4) is 0 Å². The van der Waals surface area contributed by atoms with Crippen LogP contribution in [0.5, 0.6) is 0 Å². The summed E-state index contributed by atoms with van der Waals surface area (Å²) in [5.74, 6) is 0.750. The highest BCUT2D eigenvalue weighted by Gasteiger charge is 2.06. The molecule has 98 valence electrons. The number of benzene rings is 1. The number of anilines is 1. The smallest absolute Gasteiger partial charge is 0.195 e. The number of nitrogens with zero attached hydrogens (tertiary/aromatic N) is 1. The molecule has 1 unspecified atom stereocenters. The number of rotatable bonds is 6. The van der Waals surface area contributed by atoms with E-state index in [2.05, 4.69) is 17.2 Å². The van der Waals surface area contributed by atoms with Crippen LogP contribution in [0.25, 0.3) is 11.1 Å². The summed E-state index contributed by atoms with van der Waals surface area (Å²) >= 11 is 0. The molecule has 3 N–H and O–H groups in total. The topological polar surface area (TPSA) is 78.5 Å². The van der Waals surface area contributed by atoms with E-state index in [4.69, 9.17) is 9.52 Å². The highest BCUT2D eigenvalue weighted by molar-refractivity contribution is 5.77. The van der Waals surface area contributed by atoms with Gasteiger partial charge in [0.2, 0.25) is 0 Å². The maximum Gasteiger partial charge on any atom is 0.195 e. The Morgan fingerprint density at radius 1 is 1.44 bits per heavy atom. The van der Waals surface area contributed by atoms with Crippen molar-refractivity contribution >= 4 is 16.8 Å². The van der Waals surface area contributed by atoms with Crippen molar-refractivity contribution in [3.63, 3.8) is 0 Å². The number of hydrogen-bond donors (Lipinski definition) is 3. The standard InChI is InChI=1S/C13H18N2O3/c1-2-3-13-15-11-6-9(4-5-12(11)18-13)14-7-10(17)8-16/h4-6,10,14,16-17H,2-3,7-8H2,1H3. The summed E-state index contributed by atoms with van der Waals surface area (Å²) in [6.07, 6.45) is 1.08. The van der Waals surface area contributed by atoms with Crippen LogP contribution in [0.3, 0.4) is 0 Å². The number of aryl methyl sites for hydroxylation is 1. The van der Waals surface area contributed by atoms with E-state index in [1.807, 2.05) is 18.2 Å². The highest BCUT2D eigenvalue weighted by atomic mass is 16.3. The van der Waals surface area contributed by atoms with E-state index in [-0.39, 0.29) is 6.61 Å². The Bertz CT molecular complexity index is 510. The predicted octanol–water partition coefficient (Wildman–Crippen LogP) is 1.55. The Morgan fingerprint density at radius 2 is 2.28 bits per heavy atom. The third kappa shape index (κ3) is 3.00. The minimum Gasteiger partial charge on any atom is -0.441 e. The molecule has 18 heavy (non-hydrogen) atoms. The molecule has 5 nitrogen and oxygen atoms in total. The molecule has 0 aliphatic heterocycles. The number of oxazole rings is 1. The molecule has 0 aliphatic carbocycles. The first-order chi connectivity index (χ1) is 8.72. The van der Waals surface area contributed by atoms with Crippen LogP contribution in [0.2, 0.25) is 0 Å². The number of aliphatic hydroxyl groups is 2. The lowest BCUT2D eigenvalue weighted by Gasteiger charge is -2.09. The molecule has 0 saturated heterocycles. The van der Waals surface area contributed by atoms with Crippen LogP contribution < -0.4 is 5.32 Å². The number of aromatic nitrogens is 1. The maximum atomic E-state index is 9.26.